The van der Waals surface area contributed by atoms with Gasteiger partial charge in [-0.25, -0.2) is 9.37 Å². The summed E-state index contributed by atoms with van der Waals surface area (Å²) in [5.74, 6) is -1.13. The van der Waals surface area contributed by atoms with Crippen molar-refractivity contribution < 1.29 is 14.3 Å². The van der Waals surface area contributed by atoms with E-state index in [-0.39, 0.29) is 12.2 Å². The summed E-state index contributed by atoms with van der Waals surface area (Å²) in [7, 11) is 0. The number of aryl methyl sites for hydroxylation is 1. The fourth-order valence-corrected chi connectivity index (χ4v) is 2.32. The third-order valence-electron chi connectivity index (χ3n) is 2.21. The Balaban J connectivity index is 2.15. The number of thiazole rings is 1. The first-order valence-corrected chi connectivity index (χ1v) is 5.89. The van der Waals surface area contributed by atoms with Crippen molar-refractivity contribution in [3.05, 3.63) is 41.2 Å². The molecule has 0 radical (unpaired) electrons. The fraction of sp³-hybridized carbons (Fsp3) is 0.167. The maximum atomic E-state index is 13.0. The third-order valence-corrected chi connectivity index (χ3v) is 3.32. The second kappa shape index (κ2) is 5.05. The highest BCUT2D eigenvalue weighted by Gasteiger charge is 2.07. The van der Waals surface area contributed by atoms with Gasteiger partial charge >= 0.3 is 5.97 Å². The Morgan fingerprint density at radius 3 is 3.00 bits per heavy atom. The zero-order chi connectivity index (χ0) is 12.3. The number of aliphatic carboxylic acids is 1. The molecule has 0 aliphatic heterocycles. The summed E-state index contributed by atoms with van der Waals surface area (Å²) in [6.45, 7) is 0. The molecule has 0 saturated carbocycles. The molecule has 0 spiro atoms. The minimum atomic E-state index is -0.828. The second-order valence-electron chi connectivity index (χ2n) is 3.54. The molecule has 1 aromatic heterocycles. The van der Waals surface area contributed by atoms with Crippen molar-refractivity contribution in [2.45, 2.75) is 12.8 Å². The zero-order valence-corrected chi connectivity index (χ0v) is 9.71. The van der Waals surface area contributed by atoms with E-state index in [1.807, 2.05) is 0 Å². The quantitative estimate of drug-likeness (QED) is 0.908. The van der Waals surface area contributed by atoms with Crippen molar-refractivity contribution in [3.63, 3.8) is 0 Å². The number of benzene rings is 1. The highest BCUT2D eigenvalue weighted by Crippen LogP contribution is 2.26. The predicted molar refractivity (Wildman–Crippen MR) is 63.5 cm³/mol. The van der Waals surface area contributed by atoms with Gasteiger partial charge in [-0.1, -0.05) is 12.1 Å². The molecule has 0 unspecified atom stereocenters. The number of hydrogen-bond donors (Lipinski definition) is 1. The van der Waals surface area contributed by atoms with Gasteiger partial charge in [0.15, 0.2) is 0 Å². The van der Waals surface area contributed by atoms with Crippen LogP contribution in [0.4, 0.5) is 4.39 Å². The van der Waals surface area contributed by atoms with Crippen LogP contribution in [-0.4, -0.2) is 16.1 Å². The fourth-order valence-electron chi connectivity index (χ4n) is 1.41. The number of rotatable bonds is 4. The van der Waals surface area contributed by atoms with Crippen LogP contribution in [0.2, 0.25) is 0 Å². The number of carbonyl (C=O) groups is 1. The number of halogens is 1. The van der Waals surface area contributed by atoms with Gasteiger partial charge in [0, 0.05) is 16.6 Å². The first-order valence-electron chi connectivity index (χ1n) is 5.07. The molecule has 0 aliphatic carbocycles. The van der Waals surface area contributed by atoms with Gasteiger partial charge in [0.2, 0.25) is 0 Å². The van der Waals surface area contributed by atoms with E-state index in [0.717, 1.165) is 10.4 Å². The van der Waals surface area contributed by atoms with E-state index in [1.54, 1.807) is 18.3 Å². The largest absolute Gasteiger partial charge is 0.481 e. The molecule has 1 heterocycles. The number of nitrogens with zero attached hydrogens (tertiary/aromatic N) is 1. The summed E-state index contributed by atoms with van der Waals surface area (Å²) in [5.41, 5.74) is 0.719. The smallest absolute Gasteiger partial charge is 0.303 e. The van der Waals surface area contributed by atoms with Gasteiger partial charge in [-0.3, -0.25) is 4.79 Å². The lowest BCUT2D eigenvalue weighted by Crippen LogP contribution is -1.95. The topological polar surface area (TPSA) is 50.2 Å². The van der Waals surface area contributed by atoms with Gasteiger partial charge in [-0.05, 0) is 18.6 Å². The molecule has 3 nitrogen and oxygen atoms in total. The zero-order valence-electron chi connectivity index (χ0n) is 8.89. The van der Waals surface area contributed by atoms with Gasteiger partial charge in [-0.2, -0.15) is 0 Å². The number of aromatic nitrogens is 1. The maximum absolute atomic E-state index is 13.0. The molecule has 2 rings (SSSR count). The van der Waals surface area contributed by atoms with Gasteiger partial charge in [0.25, 0.3) is 0 Å². The molecule has 1 aromatic carbocycles. The first kappa shape index (κ1) is 11.7. The van der Waals surface area contributed by atoms with Crippen LogP contribution in [0.3, 0.4) is 0 Å². The average molecular weight is 251 g/mol. The Labute approximate surface area is 102 Å². The average Bonchev–Trinajstić information content (AvgIpc) is 2.75. The van der Waals surface area contributed by atoms with Crippen LogP contribution in [0.25, 0.3) is 10.6 Å². The molecule has 0 amide bonds. The van der Waals surface area contributed by atoms with Crippen LogP contribution in [0.15, 0.2) is 30.5 Å². The van der Waals surface area contributed by atoms with E-state index < -0.39 is 5.97 Å². The van der Waals surface area contributed by atoms with Crippen LogP contribution in [0.5, 0.6) is 0 Å². The molecule has 17 heavy (non-hydrogen) atoms. The minimum Gasteiger partial charge on any atom is -0.481 e. The Kier molecular flexibility index (Phi) is 3.49. The highest BCUT2D eigenvalue weighted by atomic mass is 32.1. The Morgan fingerprint density at radius 2 is 2.29 bits per heavy atom. The van der Waals surface area contributed by atoms with Crippen molar-refractivity contribution >= 4 is 17.3 Å². The lowest BCUT2D eigenvalue weighted by Gasteiger charge is -1.95. The van der Waals surface area contributed by atoms with Crippen LogP contribution in [0, 0.1) is 5.82 Å². The van der Waals surface area contributed by atoms with E-state index in [1.165, 1.54) is 23.5 Å². The van der Waals surface area contributed by atoms with E-state index in [9.17, 15) is 9.18 Å². The van der Waals surface area contributed by atoms with Crippen molar-refractivity contribution in [3.8, 4) is 10.6 Å². The summed E-state index contributed by atoms with van der Waals surface area (Å²) < 4.78 is 13.0. The summed E-state index contributed by atoms with van der Waals surface area (Å²) >= 11 is 1.40. The van der Waals surface area contributed by atoms with Gasteiger partial charge in [0.05, 0.1) is 6.42 Å². The van der Waals surface area contributed by atoms with E-state index in [4.69, 9.17) is 5.11 Å². The van der Waals surface area contributed by atoms with E-state index in [0.29, 0.717) is 11.4 Å². The Hall–Kier alpha value is -1.75. The number of carboxylic acid groups (broad SMARTS) is 1. The number of hydrogen-bond acceptors (Lipinski definition) is 3. The SMILES string of the molecule is O=C(O)CCc1cnc(-c2cccc(F)c2)s1. The van der Waals surface area contributed by atoms with Crippen LogP contribution in [-0.2, 0) is 11.2 Å². The van der Waals surface area contributed by atoms with Gasteiger partial charge in [0.1, 0.15) is 10.8 Å². The van der Waals surface area contributed by atoms with Crippen LogP contribution >= 0.6 is 11.3 Å². The van der Waals surface area contributed by atoms with Gasteiger partial charge < -0.3 is 5.11 Å². The summed E-state index contributed by atoms with van der Waals surface area (Å²) in [4.78, 5) is 15.5. The van der Waals surface area contributed by atoms with Crippen molar-refractivity contribution in [2.75, 3.05) is 0 Å². The molecule has 0 aliphatic rings. The van der Waals surface area contributed by atoms with Crippen LogP contribution in [0.1, 0.15) is 11.3 Å². The maximum Gasteiger partial charge on any atom is 0.303 e. The van der Waals surface area contributed by atoms with Crippen molar-refractivity contribution in [2.24, 2.45) is 0 Å². The van der Waals surface area contributed by atoms with E-state index in [2.05, 4.69) is 4.98 Å². The summed E-state index contributed by atoms with van der Waals surface area (Å²) in [5, 5.41) is 9.28. The molecule has 0 fully saturated rings. The summed E-state index contributed by atoms with van der Waals surface area (Å²) in [6, 6.07) is 6.20. The van der Waals surface area contributed by atoms with Gasteiger partial charge in [-0.15, -0.1) is 11.3 Å². The molecule has 2 aromatic rings. The van der Waals surface area contributed by atoms with Crippen molar-refractivity contribution in [1.82, 2.24) is 4.98 Å². The number of carboxylic acids is 1. The molecular weight excluding hydrogens is 241 g/mol. The van der Waals surface area contributed by atoms with Crippen molar-refractivity contribution in [1.29, 1.82) is 0 Å². The Bertz CT molecular complexity index is 539. The molecule has 1 N–H and O–H groups in total. The summed E-state index contributed by atoms with van der Waals surface area (Å²) in [6.07, 6.45) is 2.20. The monoisotopic (exact) mass is 251 g/mol. The normalized spacial score (nSPS) is 10.4. The standard InChI is InChI=1S/C12H10FNO2S/c13-9-3-1-2-8(6-9)12-14-7-10(17-12)4-5-11(15)16/h1-3,6-7H,4-5H2,(H,15,16). The third kappa shape index (κ3) is 3.10. The second-order valence-corrected chi connectivity index (χ2v) is 4.65. The first-order chi connectivity index (χ1) is 8.15. The highest BCUT2D eigenvalue weighted by molar-refractivity contribution is 7.15. The predicted octanol–water partition coefficient (Wildman–Crippen LogP) is 2.97. The lowest BCUT2D eigenvalue weighted by molar-refractivity contribution is -0.136. The molecule has 0 atom stereocenters. The molecular formula is C12H10FNO2S. The Morgan fingerprint density at radius 1 is 1.47 bits per heavy atom. The molecule has 88 valence electrons. The van der Waals surface area contributed by atoms with E-state index >= 15 is 0 Å². The molecule has 5 heteroatoms. The van der Waals surface area contributed by atoms with Crippen LogP contribution < -0.4 is 0 Å². The lowest BCUT2D eigenvalue weighted by atomic mass is 10.2. The molecule has 0 bridgehead atoms. The molecule has 0 saturated heterocycles. The minimum absolute atomic E-state index is 0.0881.